The number of hydrogen-bond acceptors (Lipinski definition) is 6. The van der Waals surface area contributed by atoms with Crippen LogP contribution in [0.25, 0.3) is 10.8 Å². The van der Waals surface area contributed by atoms with Gasteiger partial charge in [0.2, 0.25) is 5.91 Å². The van der Waals surface area contributed by atoms with Gasteiger partial charge in [-0.15, -0.1) is 11.3 Å². The van der Waals surface area contributed by atoms with Crippen LogP contribution in [-0.4, -0.2) is 23.4 Å². The maximum Gasteiger partial charge on any atom is 0.363 e. The molecule has 0 saturated carbocycles. The number of carbonyl (C=O) groups is 2. The molecule has 1 aromatic carbocycles. The lowest BCUT2D eigenvalue weighted by Crippen LogP contribution is -2.23. The molecule has 1 aliphatic heterocycles. The summed E-state index contributed by atoms with van der Waals surface area (Å²) in [5.74, 6) is 0.619. The normalized spacial score (nSPS) is 14.1. The second-order valence-electron chi connectivity index (χ2n) is 5.55. The minimum Gasteiger partial charge on any atom is -0.462 e. The zero-order chi connectivity index (χ0) is 17.2. The zero-order valence-electron chi connectivity index (χ0n) is 13.2. The van der Waals surface area contributed by atoms with Crippen LogP contribution >= 0.6 is 11.3 Å². The Morgan fingerprint density at radius 1 is 1.24 bits per heavy atom. The maximum atomic E-state index is 12.2. The van der Waals surface area contributed by atoms with Crippen molar-refractivity contribution in [2.45, 2.75) is 12.8 Å². The number of benzene rings is 1. The highest BCUT2D eigenvalue weighted by Gasteiger charge is 2.22. The summed E-state index contributed by atoms with van der Waals surface area (Å²) in [6, 6.07) is 10.5. The molecule has 7 heteroatoms. The summed E-state index contributed by atoms with van der Waals surface area (Å²) in [6.45, 7) is 0.729. The molecule has 0 N–H and O–H groups in total. The van der Waals surface area contributed by atoms with Crippen molar-refractivity contribution in [3.63, 3.8) is 0 Å². The Morgan fingerprint density at radius 2 is 2.08 bits per heavy atom. The van der Waals surface area contributed by atoms with Crippen LogP contribution in [0.4, 0.5) is 5.69 Å². The molecule has 0 spiro atoms. The highest BCUT2D eigenvalue weighted by atomic mass is 32.1. The fourth-order valence-electron chi connectivity index (χ4n) is 2.66. The molecule has 1 fully saturated rings. The summed E-state index contributed by atoms with van der Waals surface area (Å²) in [5.41, 5.74) is 1.05. The van der Waals surface area contributed by atoms with Gasteiger partial charge < -0.3 is 14.1 Å². The number of thiazole rings is 1. The van der Waals surface area contributed by atoms with E-state index >= 15 is 0 Å². The first-order valence-electron chi connectivity index (χ1n) is 7.83. The zero-order valence-corrected chi connectivity index (χ0v) is 14.0. The van der Waals surface area contributed by atoms with Crippen LogP contribution < -0.4 is 9.64 Å². The number of nitrogens with zero attached hydrogens (tertiary/aromatic N) is 2. The smallest absolute Gasteiger partial charge is 0.363 e. The number of anilines is 1. The Labute approximate surface area is 147 Å². The second-order valence-corrected chi connectivity index (χ2v) is 6.41. The molecule has 1 saturated heterocycles. The van der Waals surface area contributed by atoms with Crippen molar-refractivity contribution < 1.29 is 18.7 Å². The van der Waals surface area contributed by atoms with Crippen LogP contribution in [0.15, 0.2) is 52.5 Å². The van der Waals surface area contributed by atoms with E-state index in [1.807, 2.05) is 0 Å². The predicted molar refractivity (Wildman–Crippen MR) is 92.8 cm³/mol. The first-order valence-corrected chi connectivity index (χ1v) is 8.71. The Hall–Kier alpha value is -2.93. The standard InChI is InChI=1S/C18H14N2O4S/c21-16-4-1-9-20(16)12-5-7-13(8-6-12)24-18(22)14-11-25-17(19-14)15-3-2-10-23-15/h2-3,5-8,10-11H,1,4,9H2. The van der Waals surface area contributed by atoms with E-state index in [4.69, 9.17) is 9.15 Å². The van der Waals surface area contributed by atoms with Crippen molar-refractivity contribution in [2.75, 3.05) is 11.4 Å². The fraction of sp³-hybridized carbons (Fsp3) is 0.167. The van der Waals surface area contributed by atoms with E-state index in [-0.39, 0.29) is 11.6 Å². The van der Waals surface area contributed by atoms with E-state index in [1.54, 1.807) is 52.9 Å². The topological polar surface area (TPSA) is 72.6 Å². The van der Waals surface area contributed by atoms with E-state index in [0.717, 1.165) is 18.7 Å². The summed E-state index contributed by atoms with van der Waals surface area (Å²) in [4.78, 5) is 29.9. The van der Waals surface area contributed by atoms with Crippen LogP contribution in [-0.2, 0) is 4.79 Å². The maximum absolute atomic E-state index is 12.2. The largest absolute Gasteiger partial charge is 0.462 e. The molecule has 0 aliphatic carbocycles. The monoisotopic (exact) mass is 354 g/mol. The van der Waals surface area contributed by atoms with Gasteiger partial charge in [-0.25, -0.2) is 9.78 Å². The van der Waals surface area contributed by atoms with Gasteiger partial charge >= 0.3 is 5.97 Å². The van der Waals surface area contributed by atoms with E-state index < -0.39 is 5.97 Å². The number of rotatable bonds is 4. The van der Waals surface area contributed by atoms with E-state index in [1.165, 1.54) is 11.3 Å². The number of ether oxygens (including phenoxy) is 1. The molecule has 25 heavy (non-hydrogen) atoms. The fourth-order valence-corrected chi connectivity index (χ4v) is 3.41. The number of aromatic nitrogens is 1. The lowest BCUT2D eigenvalue weighted by molar-refractivity contribution is -0.117. The molecule has 1 amide bonds. The molecule has 126 valence electrons. The van der Waals surface area contributed by atoms with Gasteiger partial charge in [0.05, 0.1) is 6.26 Å². The van der Waals surface area contributed by atoms with E-state index in [2.05, 4.69) is 4.98 Å². The Balaban J connectivity index is 1.45. The number of amides is 1. The first kappa shape index (κ1) is 15.6. The van der Waals surface area contributed by atoms with Crippen molar-refractivity contribution in [1.29, 1.82) is 0 Å². The number of esters is 1. The summed E-state index contributed by atoms with van der Waals surface area (Å²) < 4.78 is 10.6. The van der Waals surface area contributed by atoms with E-state index in [9.17, 15) is 9.59 Å². The molecular formula is C18H14N2O4S. The lowest BCUT2D eigenvalue weighted by Gasteiger charge is -2.15. The summed E-state index contributed by atoms with van der Waals surface area (Å²) in [6.07, 6.45) is 3.01. The molecule has 6 nitrogen and oxygen atoms in total. The van der Waals surface area contributed by atoms with Gasteiger partial charge in [0, 0.05) is 24.0 Å². The van der Waals surface area contributed by atoms with Gasteiger partial charge in [-0.2, -0.15) is 0 Å². The quantitative estimate of drug-likeness (QED) is 0.527. The van der Waals surface area contributed by atoms with Crippen molar-refractivity contribution >= 4 is 28.9 Å². The average Bonchev–Trinajstić information content (AvgIpc) is 3.36. The molecule has 0 bridgehead atoms. The van der Waals surface area contributed by atoms with Gasteiger partial charge in [-0.3, -0.25) is 4.79 Å². The van der Waals surface area contributed by atoms with Crippen LogP contribution in [0.1, 0.15) is 23.3 Å². The molecule has 0 radical (unpaired) electrons. The van der Waals surface area contributed by atoms with Crippen molar-refractivity contribution in [1.82, 2.24) is 4.98 Å². The second kappa shape index (κ2) is 6.52. The molecule has 2 aromatic heterocycles. The predicted octanol–water partition coefficient (Wildman–Crippen LogP) is 3.75. The molecule has 3 heterocycles. The molecule has 0 atom stereocenters. The third-order valence-electron chi connectivity index (χ3n) is 3.88. The van der Waals surface area contributed by atoms with E-state index in [0.29, 0.717) is 22.9 Å². The third kappa shape index (κ3) is 3.18. The van der Waals surface area contributed by atoms with Crippen molar-refractivity contribution in [3.05, 3.63) is 53.7 Å². The Kier molecular flexibility index (Phi) is 4.07. The number of furan rings is 1. The summed E-state index contributed by atoms with van der Waals surface area (Å²) in [5, 5.41) is 2.26. The number of hydrogen-bond donors (Lipinski definition) is 0. The highest BCUT2D eigenvalue weighted by molar-refractivity contribution is 7.13. The van der Waals surface area contributed by atoms with Gasteiger partial charge in [0.25, 0.3) is 0 Å². The summed E-state index contributed by atoms with van der Waals surface area (Å²) in [7, 11) is 0. The van der Waals surface area contributed by atoms with Crippen molar-refractivity contribution in [3.8, 4) is 16.5 Å². The third-order valence-corrected chi connectivity index (χ3v) is 4.73. The number of carbonyl (C=O) groups excluding carboxylic acids is 2. The minimum absolute atomic E-state index is 0.123. The van der Waals surface area contributed by atoms with Crippen LogP contribution in [0.2, 0.25) is 0 Å². The molecular weight excluding hydrogens is 340 g/mol. The summed E-state index contributed by atoms with van der Waals surface area (Å²) >= 11 is 1.32. The molecule has 1 aliphatic rings. The molecule has 3 aromatic rings. The molecule has 4 rings (SSSR count). The van der Waals surface area contributed by atoms with Gasteiger partial charge in [-0.1, -0.05) is 0 Å². The minimum atomic E-state index is -0.529. The SMILES string of the molecule is O=C(Oc1ccc(N2CCCC2=O)cc1)c1csc(-c2ccco2)n1. The highest BCUT2D eigenvalue weighted by Crippen LogP contribution is 2.26. The lowest BCUT2D eigenvalue weighted by atomic mass is 10.3. The van der Waals surface area contributed by atoms with Crippen molar-refractivity contribution in [2.24, 2.45) is 0 Å². The van der Waals surface area contributed by atoms with Crippen LogP contribution in [0, 0.1) is 0 Å². The van der Waals surface area contributed by atoms with Crippen LogP contribution in [0.5, 0.6) is 5.75 Å². The average molecular weight is 354 g/mol. The van der Waals surface area contributed by atoms with Crippen LogP contribution in [0.3, 0.4) is 0 Å². The Morgan fingerprint density at radius 3 is 2.76 bits per heavy atom. The van der Waals surface area contributed by atoms with Gasteiger partial charge in [0.1, 0.15) is 5.75 Å². The van der Waals surface area contributed by atoms with Gasteiger partial charge in [-0.05, 0) is 42.8 Å². The Bertz CT molecular complexity index is 900. The molecule has 0 unspecified atom stereocenters. The first-order chi connectivity index (χ1) is 12.2. The van der Waals surface area contributed by atoms with Gasteiger partial charge in [0.15, 0.2) is 16.5 Å².